The Hall–Kier alpha value is -3.52. The summed E-state index contributed by atoms with van der Waals surface area (Å²) >= 11 is 0. The Morgan fingerprint density at radius 3 is 0.917 bits per heavy atom. The van der Waals surface area contributed by atoms with E-state index in [2.05, 4.69) is 0 Å². The first-order valence-electron chi connectivity index (χ1n) is 15.6. The van der Waals surface area contributed by atoms with Gasteiger partial charge in [-0.2, -0.15) is 0 Å². The third-order valence-corrected chi connectivity index (χ3v) is 12.1. The summed E-state index contributed by atoms with van der Waals surface area (Å²) in [6, 6.07) is 30.0. The Morgan fingerprint density at radius 1 is 0.438 bits per heavy atom. The van der Waals surface area contributed by atoms with Crippen LogP contribution in [0, 0.1) is 0 Å². The van der Waals surface area contributed by atoms with Crippen molar-refractivity contribution in [1.29, 1.82) is 0 Å². The normalized spacial score (nSPS) is 11.6. The highest BCUT2D eigenvalue weighted by Gasteiger charge is 2.23. The van der Waals surface area contributed by atoms with Crippen LogP contribution in [0.2, 0.25) is 18.1 Å². The highest BCUT2D eigenvalue weighted by Crippen LogP contribution is 2.08. The summed E-state index contributed by atoms with van der Waals surface area (Å²) in [4.78, 5) is 41.1. The summed E-state index contributed by atoms with van der Waals surface area (Å²) in [6.45, 7) is 1.10. The van der Waals surface area contributed by atoms with Crippen molar-refractivity contribution in [2.24, 2.45) is 0 Å². The zero-order chi connectivity index (χ0) is 34.1. The van der Waals surface area contributed by atoms with Gasteiger partial charge in [0.2, 0.25) is 0 Å². The quantitative estimate of drug-likeness (QED) is 0.120. The van der Waals surface area contributed by atoms with Gasteiger partial charge in [-0.15, -0.1) is 0 Å². The molecule has 0 saturated heterocycles. The lowest BCUT2D eigenvalue weighted by molar-refractivity contribution is 0.216. The van der Waals surface area contributed by atoms with Crippen molar-refractivity contribution in [3.05, 3.63) is 139 Å². The van der Waals surface area contributed by atoms with Crippen molar-refractivity contribution >= 4 is 27.9 Å². The zero-order valence-electron chi connectivity index (χ0n) is 27.5. The predicted molar refractivity (Wildman–Crippen MR) is 186 cm³/mol. The van der Waals surface area contributed by atoms with Gasteiger partial charge in [0.1, 0.15) is 0 Å². The minimum absolute atomic E-state index is 0.0219. The van der Waals surface area contributed by atoms with Gasteiger partial charge in [-0.25, -0.2) is 28.1 Å². The predicted octanol–water partition coefficient (Wildman–Crippen LogP) is 3.23. The number of hydrogen-bond donors (Lipinski definition) is 0. The van der Waals surface area contributed by atoms with Crippen LogP contribution in [0.4, 0.5) is 0 Å². The minimum Gasteiger partial charge on any atom is -0.397 e. The molecule has 48 heavy (non-hydrogen) atoms. The van der Waals surface area contributed by atoms with E-state index in [1.54, 1.807) is 21.3 Å². The van der Waals surface area contributed by atoms with Crippen LogP contribution >= 0.6 is 0 Å². The van der Waals surface area contributed by atoms with Gasteiger partial charge in [0, 0.05) is 59.1 Å². The third kappa shape index (κ3) is 11.3. The highest BCUT2D eigenvalue weighted by atomic mass is 28.3. The first-order chi connectivity index (χ1) is 23.4. The van der Waals surface area contributed by atoms with Gasteiger partial charge in [-0.05, 0) is 16.7 Å². The van der Waals surface area contributed by atoms with E-state index >= 15 is 0 Å². The molecule has 0 aliphatic heterocycles. The van der Waals surface area contributed by atoms with Crippen LogP contribution in [-0.4, -0.2) is 62.9 Å². The largest absolute Gasteiger partial charge is 0.397 e. The van der Waals surface area contributed by atoms with Gasteiger partial charge < -0.3 is 26.6 Å². The maximum atomic E-state index is 13.7. The molecule has 15 heteroatoms. The molecular formula is C33H42N3O9Si3. The van der Waals surface area contributed by atoms with E-state index in [4.69, 9.17) is 26.6 Å². The number of aromatic nitrogens is 3. The van der Waals surface area contributed by atoms with Crippen molar-refractivity contribution in [2.45, 2.75) is 57.6 Å². The lowest BCUT2D eigenvalue weighted by atomic mass is 10.2. The van der Waals surface area contributed by atoms with Crippen LogP contribution in [-0.2, 0) is 66.0 Å². The smallest absolute Gasteiger partial charge is 0.386 e. The van der Waals surface area contributed by atoms with Gasteiger partial charge in [-0.3, -0.25) is 0 Å². The number of hydrogen-bond acceptors (Lipinski definition) is 9. The Morgan fingerprint density at radius 2 is 0.688 bits per heavy atom. The summed E-state index contributed by atoms with van der Waals surface area (Å²) in [5, 5.41) is 0. The molecule has 0 aliphatic carbocycles. The van der Waals surface area contributed by atoms with Crippen LogP contribution in [0.25, 0.3) is 0 Å². The van der Waals surface area contributed by atoms with Crippen molar-refractivity contribution < 1.29 is 26.6 Å². The second kappa shape index (κ2) is 20.1. The second-order valence-electron chi connectivity index (χ2n) is 10.6. The fourth-order valence-electron chi connectivity index (χ4n) is 4.78. The number of nitrogens with zero attached hydrogens (tertiary/aromatic N) is 3. The Kier molecular flexibility index (Phi) is 15.6. The SMILES string of the molecule is CO[Si](CCn1c(=O)n(CC[Si](OC)OCc2ccccc2)c(=O)n(CC[Si](OC)OCc2ccccc2)c1=O)OCc1ccccc1. The van der Waals surface area contributed by atoms with Crippen molar-refractivity contribution in [1.82, 2.24) is 13.7 Å². The first kappa shape index (κ1) is 37.3. The van der Waals surface area contributed by atoms with E-state index in [1.165, 1.54) is 0 Å². The van der Waals surface area contributed by atoms with Crippen LogP contribution in [0.1, 0.15) is 16.7 Å². The molecule has 0 amide bonds. The molecule has 0 saturated carbocycles. The molecule has 4 aromatic rings. The van der Waals surface area contributed by atoms with E-state index < -0.39 is 44.9 Å². The minimum atomic E-state index is -1.84. The lowest BCUT2D eigenvalue weighted by Gasteiger charge is -2.18. The second-order valence-corrected chi connectivity index (χ2v) is 16.4. The number of benzene rings is 3. The molecule has 4 rings (SSSR count). The molecule has 0 bridgehead atoms. The molecule has 0 spiro atoms. The fraction of sp³-hybridized carbons (Fsp3) is 0.364. The molecule has 3 aromatic carbocycles. The molecule has 255 valence electrons. The fourth-order valence-corrected chi connectivity index (χ4v) is 8.38. The Bertz CT molecular complexity index is 1460. The molecule has 1 aromatic heterocycles. The summed E-state index contributed by atoms with van der Waals surface area (Å²) < 4.78 is 38.1. The monoisotopic (exact) mass is 708 g/mol. The molecule has 0 aliphatic rings. The summed E-state index contributed by atoms with van der Waals surface area (Å²) in [5.74, 6) is 0. The van der Waals surface area contributed by atoms with E-state index in [-0.39, 0.29) is 19.6 Å². The maximum absolute atomic E-state index is 13.7. The van der Waals surface area contributed by atoms with Crippen LogP contribution in [0.5, 0.6) is 0 Å². The third-order valence-electron chi connectivity index (χ3n) is 7.41. The van der Waals surface area contributed by atoms with Crippen molar-refractivity contribution in [2.75, 3.05) is 21.3 Å². The topological polar surface area (TPSA) is 121 Å². The van der Waals surface area contributed by atoms with Crippen molar-refractivity contribution in [3.63, 3.8) is 0 Å². The number of rotatable bonds is 21. The van der Waals surface area contributed by atoms with Gasteiger partial charge in [0.25, 0.3) is 0 Å². The molecule has 0 N–H and O–H groups in total. The maximum Gasteiger partial charge on any atom is 0.386 e. The summed E-state index contributed by atoms with van der Waals surface area (Å²) in [5.41, 5.74) is 0.876. The first-order valence-corrected chi connectivity index (χ1v) is 20.1. The highest BCUT2D eigenvalue weighted by molar-refractivity contribution is 6.44. The van der Waals surface area contributed by atoms with Gasteiger partial charge in [0.15, 0.2) is 0 Å². The Labute approximate surface area is 285 Å². The standard InChI is InChI=1S/C33H42N3O9Si3/c1-40-46(43-25-28-13-7-4-8-14-28)22-19-34-31(37)35(20-23-47(41-2)44-26-29-15-9-5-10-16-29)33(39)36(32(34)38)21-24-48(42-3)45-27-30-17-11-6-12-18-30/h4-18H,19-27H2,1-3H3. The van der Waals surface area contributed by atoms with Gasteiger partial charge in [-0.1, -0.05) is 91.0 Å². The molecule has 0 unspecified atom stereocenters. The molecule has 1 heterocycles. The van der Waals surface area contributed by atoms with Gasteiger partial charge in [0.05, 0.1) is 19.8 Å². The molecule has 12 nitrogen and oxygen atoms in total. The zero-order valence-corrected chi connectivity index (χ0v) is 30.5. The van der Waals surface area contributed by atoms with E-state index in [1.807, 2.05) is 91.0 Å². The molecular weight excluding hydrogens is 667 g/mol. The summed E-state index contributed by atoms with van der Waals surface area (Å²) in [7, 11) is -0.862. The van der Waals surface area contributed by atoms with E-state index in [0.717, 1.165) is 30.4 Å². The Balaban J connectivity index is 1.52. The van der Waals surface area contributed by atoms with Crippen LogP contribution in [0.3, 0.4) is 0 Å². The summed E-state index contributed by atoms with van der Waals surface area (Å²) in [6.07, 6.45) is 0. The average Bonchev–Trinajstić information content (AvgIpc) is 3.13. The lowest BCUT2D eigenvalue weighted by Crippen LogP contribution is -2.55. The van der Waals surface area contributed by atoms with Crippen LogP contribution < -0.4 is 17.1 Å². The average molecular weight is 709 g/mol. The van der Waals surface area contributed by atoms with E-state index in [9.17, 15) is 14.4 Å². The molecule has 0 atom stereocenters. The van der Waals surface area contributed by atoms with Gasteiger partial charge >= 0.3 is 44.9 Å². The molecule has 3 radical (unpaired) electrons. The van der Waals surface area contributed by atoms with Crippen LogP contribution in [0.15, 0.2) is 105 Å². The van der Waals surface area contributed by atoms with Crippen molar-refractivity contribution in [3.8, 4) is 0 Å². The van der Waals surface area contributed by atoms with E-state index in [0.29, 0.717) is 38.0 Å². The molecule has 0 fully saturated rings.